The third kappa shape index (κ3) is 2.50. The van der Waals surface area contributed by atoms with Crippen LogP contribution in [-0.2, 0) is 0 Å². The summed E-state index contributed by atoms with van der Waals surface area (Å²) in [5, 5.41) is 10.6. The van der Waals surface area contributed by atoms with Gasteiger partial charge in [-0.3, -0.25) is 0 Å². The number of benzene rings is 1. The highest BCUT2D eigenvalue weighted by Gasteiger charge is 2.14. The smallest absolute Gasteiger partial charge is 0.159 e. The molecule has 1 heterocycles. The Morgan fingerprint density at radius 3 is 2.76 bits per heavy atom. The van der Waals surface area contributed by atoms with Crippen LogP contribution in [0.4, 0.5) is 5.82 Å². The average molecular weight is 250 g/mol. The van der Waals surface area contributed by atoms with E-state index in [0.29, 0.717) is 11.9 Å². The van der Waals surface area contributed by atoms with Crippen LogP contribution in [0.3, 0.4) is 0 Å². The number of alkyl halides is 1. The van der Waals surface area contributed by atoms with E-state index in [2.05, 4.69) is 35.0 Å². The Hall–Kier alpha value is -1.35. The fourth-order valence-corrected chi connectivity index (χ4v) is 2.11. The van der Waals surface area contributed by atoms with Gasteiger partial charge in [0.25, 0.3) is 0 Å². The first-order valence-corrected chi connectivity index (χ1v) is 6.30. The van der Waals surface area contributed by atoms with Crippen LogP contribution in [0.25, 0.3) is 10.8 Å². The second-order valence-electron chi connectivity index (χ2n) is 4.23. The molecule has 0 unspecified atom stereocenters. The molecule has 0 aliphatic heterocycles. The van der Waals surface area contributed by atoms with Gasteiger partial charge in [0.15, 0.2) is 5.82 Å². The standard InChI is InChI=1S/C13H16ClN3/c1-10(2)17(8-7-14)13-12-6-4-3-5-11(12)9-15-16-13/h3-6,9-10H,7-8H2,1-2H3. The van der Waals surface area contributed by atoms with Crippen LogP contribution in [-0.4, -0.2) is 28.7 Å². The molecule has 2 rings (SSSR count). The van der Waals surface area contributed by atoms with Crippen molar-refractivity contribution in [3.8, 4) is 0 Å². The first kappa shape index (κ1) is 12.1. The van der Waals surface area contributed by atoms with Gasteiger partial charge < -0.3 is 4.90 Å². The molecule has 0 amide bonds. The molecule has 1 aromatic carbocycles. The topological polar surface area (TPSA) is 29.0 Å². The summed E-state index contributed by atoms with van der Waals surface area (Å²) < 4.78 is 0. The fourth-order valence-electron chi connectivity index (χ4n) is 1.92. The van der Waals surface area contributed by atoms with Crippen LogP contribution in [0.15, 0.2) is 30.5 Å². The van der Waals surface area contributed by atoms with Gasteiger partial charge in [0.05, 0.1) is 6.20 Å². The third-order valence-corrected chi connectivity index (χ3v) is 2.94. The van der Waals surface area contributed by atoms with E-state index in [1.165, 1.54) is 0 Å². The molecule has 0 saturated carbocycles. The number of halogens is 1. The molecule has 0 aliphatic carbocycles. The van der Waals surface area contributed by atoms with Gasteiger partial charge in [-0.25, -0.2) is 0 Å². The lowest BCUT2D eigenvalue weighted by Crippen LogP contribution is -2.33. The molecule has 3 nitrogen and oxygen atoms in total. The number of anilines is 1. The molecule has 0 bridgehead atoms. The SMILES string of the molecule is CC(C)N(CCCl)c1nncc2ccccc12. The predicted octanol–water partition coefficient (Wildman–Crippen LogP) is 3.08. The zero-order chi connectivity index (χ0) is 12.3. The summed E-state index contributed by atoms with van der Waals surface area (Å²) >= 11 is 5.85. The quantitative estimate of drug-likeness (QED) is 0.780. The zero-order valence-corrected chi connectivity index (χ0v) is 10.9. The molecule has 4 heteroatoms. The number of aromatic nitrogens is 2. The van der Waals surface area contributed by atoms with E-state index in [1.54, 1.807) is 6.20 Å². The fraction of sp³-hybridized carbons (Fsp3) is 0.385. The maximum Gasteiger partial charge on any atom is 0.159 e. The Labute approximate surface area is 106 Å². The molecule has 0 spiro atoms. The summed E-state index contributed by atoms with van der Waals surface area (Å²) in [6, 6.07) is 8.51. The molecule has 90 valence electrons. The minimum absolute atomic E-state index is 0.355. The van der Waals surface area contributed by atoms with Gasteiger partial charge in [-0.2, -0.15) is 5.10 Å². The van der Waals surface area contributed by atoms with Crippen molar-refractivity contribution in [1.29, 1.82) is 0 Å². The zero-order valence-electron chi connectivity index (χ0n) is 10.1. The molecule has 0 radical (unpaired) electrons. The summed E-state index contributed by atoms with van der Waals surface area (Å²) in [4.78, 5) is 2.18. The maximum atomic E-state index is 5.85. The number of hydrogen-bond acceptors (Lipinski definition) is 3. The minimum Gasteiger partial charge on any atom is -0.351 e. The third-order valence-electron chi connectivity index (χ3n) is 2.77. The number of fused-ring (bicyclic) bond motifs is 1. The predicted molar refractivity (Wildman–Crippen MR) is 72.7 cm³/mol. The van der Waals surface area contributed by atoms with Gasteiger partial charge in [-0.1, -0.05) is 24.3 Å². The second kappa shape index (κ2) is 5.32. The van der Waals surface area contributed by atoms with Crippen LogP contribution in [0.2, 0.25) is 0 Å². The van der Waals surface area contributed by atoms with Crippen molar-refractivity contribution < 1.29 is 0 Å². The molecule has 1 aromatic heterocycles. The van der Waals surface area contributed by atoms with Gasteiger partial charge in [0.1, 0.15) is 0 Å². The van der Waals surface area contributed by atoms with E-state index < -0.39 is 0 Å². The molecule has 0 fully saturated rings. The lowest BCUT2D eigenvalue weighted by Gasteiger charge is -2.27. The molecule has 0 aliphatic rings. The van der Waals surface area contributed by atoms with Crippen LogP contribution in [0.1, 0.15) is 13.8 Å². The molecule has 0 saturated heterocycles. The number of hydrogen-bond donors (Lipinski definition) is 0. The van der Waals surface area contributed by atoms with Crippen molar-refractivity contribution in [3.05, 3.63) is 30.5 Å². The maximum absolute atomic E-state index is 5.85. The van der Waals surface area contributed by atoms with Gasteiger partial charge in [0, 0.05) is 29.2 Å². The summed E-state index contributed by atoms with van der Waals surface area (Å²) in [5.74, 6) is 1.50. The van der Waals surface area contributed by atoms with Gasteiger partial charge >= 0.3 is 0 Å². The Kier molecular flexibility index (Phi) is 3.79. The van der Waals surface area contributed by atoms with Crippen molar-refractivity contribution in [2.45, 2.75) is 19.9 Å². The lowest BCUT2D eigenvalue weighted by atomic mass is 10.1. The molecule has 0 atom stereocenters. The highest BCUT2D eigenvalue weighted by molar-refractivity contribution is 6.18. The number of rotatable bonds is 4. The number of nitrogens with zero attached hydrogens (tertiary/aromatic N) is 3. The molecular formula is C13H16ClN3. The lowest BCUT2D eigenvalue weighted by molar-refractivity contribution is 0.692. The van der Waals surface area contributed by atoms with Crippen molar-refractivity contribution in [2.24, 2.45) is 0 Å². The van der Waals surface area contributed by atoms with Crippen molar-refractivity contribution in [2.75, 3.05) is 17.3 Å². The van der Waals surface area contributed by atoms with E-state index in [-0.39, 0.29) is 0 Å². The first-order chi connectivity index (χ1) is 8.24. The summed E-state index contributed by atoms with van der Waals surface area (Å²) in [7, 11) is 0. The van der Waals surface area contributed by atoms with Crippen molar-refractivity contribution in [1.82, 2.24) is 10.2 Å². The molecule has 17 heavy (non-hydrogen) atoms. The van der Waals surface area contributed by atoms with Gasteiger partial charge in [-0.05, 0) is 13.8 Å². The largest absolute Gasteiger partial charge is 0.351 e. The van der Waals surface area contributed by atoms with E-state index >= 15 is 0 Å². The Bertz CT molecular complexity index is 493. The Morgan fingerprint density at radius 2 is 2.06 bits per heavy atom. The highest BCUT2D eigenvalue weighted by atomic mass is 35.5. The first-order valence-electron chi connectivity index (χ1n) is 5.77. The van der Waals surface area contributed by atoms with E-state index in [9.17, 15) is 0 Å². The van der Waals surface area contributed by atoms with Crippen LogP contribution < -0.4 is 4.90 Å². The van der Waals surface area contributed by atoms with Crippen LogP contribution in [0, 0.1) is 0 Å². The van der Waals surface area contributed by atoms with Crippen molar-refractivity contribution >= 4 is 28.2 Å². The Morgan fingerprint density at radius 1 is 1.29 bits per heavy atom. The van der Waals surface area contributed by atoms with E-state index in [1.807, 2.05) is 18.2 Å². The molecular weight excluding hydrogens is 234 g/mol. The summed E-state index contributed by atoms with van der Waals surface area (Å²) in [6.07, 6.45) is 1.79. The summed E-state index contributed by atoms with van der Waals surface area (Å²) in [5.41, 5.74) is 0. The molecule has 0 N–H and O–H groups in total. The second-order valence-corrected chi connectivity index (χ2v) is 4.61. The monoisotopic (exact) mass is 249 g/mol. The van der Waals surface area contributed by atoms with Crippen molar-refractivity contribution in [3.63, 3.8) is 0 Å². The molecule has 2 aromatic rings. The highest BCUT2D eigenvalue weighted by Crippen LogP contribution is 2.24. The van der Waals surface area contributed by atoms with Gasteiger partial charge in [-0.15, -0.1) is 16.7 Å². The van der Waals surface area contributed by atoms with E-state index in [0.717, 1.165) is 23.1 Å². The van der Waals surface area contributed by atoms with Crippen LogP contribution in [0.5, 0.6) is 0 Å². The minimum atomic E-state index is 0.355. The normalized spacial score (nSPS) is 11.1. The summed E-state index contributed by atoms with van der Waals surface area (Å²) in [6.45, 7) is 5.05. The van der Waals surface area contributed by atoms with E-state index in [4.69, 9.17) is 11.6 Å². The Balaban J connectivity index is 2.52. The van der Waals surface area contributed by atoms with Crippen LogP contribution >= 0.6 is 11.6 Å². The van der Waals surface area contributed by atoms with Gasteiger partial charge in [0.2, 0.25) is 0 Å². The average Bonchev–Trinajstić information content (AvgIpc) is 2.35.